The molecule has 0 spiro atoms. The van der Waals surface area contributed by atoms with Gasteiger partial charge in [-0.05, 0) is 6.92 Å². The molecule has 1 aromatic rings. The monoisotopic (exact) mass is 153 g/mol. The molecule has 4 nitrogen and oxygen atoms in total. The number of hydrogen-bond donors (Lipinski definition) is 2. The van der Waals surface area contributed by atoms with Crippen molar-refractivity contribution in [1.29, 1.82) is 0 Å². The van der Waals surface area contributed by atoms with Gasteiger partial charge >= 0.3 is 0 Å². The molecule has 3 N–H and O–H groups in total. The molecule has 0 fully saturated rings. The van der Waals surface area contributed by atoms with Crippen LogP contribution in [-0.2, 0) is 6.42 Å². The molecule has 11 heavy (non-hydrogen) atoms. The van der Waals surface area contributed by atoms with E-state index < -0.39 is 0 Å². The molecule has 0 bridgehead atoms. The fourth-order valence-corrected chi connectivity index (χ4v) is 0.826. The Morgan fingerprint density at radius 1 is 1.64 bits per heavy atom. The van der Waals surface area contributed by atoms with Gasteiger partial charge in [0, 0.05) is 24.8 Å². The lowest BCUT2D eigenvalue weighted by atomic mass is 10.2. The number of hydrogen-bond acceptors (Lipinski definition) is 4. The summed E-state index contributed by atoms with van der Waals surface area (Å²) in [6, 6.07) is 0. The number of aliphatic hydroxyl groups is 1. The smallest absolute Gasteiger partial charge is 0.130 e. The van der Waals surface area contributed by atoms with Gasteiger partial charge in [-0.25, -0.2) is 9.97 Å². The SMILES string of the molecule is Cc1ncc(CCO)c(N)n1. The van der Waals surface area contributed by atoms with Gasteiger partial charge in [-0.15, -0.1) is 0 Å². The zero-order chi connectivity index (χ0) is 8.27. The van der Waals surface area contributed by atoms with E-state index in [2.05, 4.69) is 9.97 Å². The van der Waals surface area contributed by atoms with Crippen LogP contribution in [0.3, 0.4) is 0 Å². The molecular weight excluding hydrogens is 142 g/mol. The van der Waals surface area contributed by atoms with Crippen LogP contribution in [-0.4, -0.2) is 21.7 Å². The van der Waals surface area contributed by atoms with Gasteiger partial charge in [0.25, 0.3) is 0 Å². The van der Waals surface area contributed by atoms with E-state index in [1.807, 2.05) is 0 Å². The summed E-state index contributed by atoms with van der Waals surface area (Å²) >= 11 is 0. The van der Waals surface area contributed by atoms with Crippen LogP contribution in [0.5, 0.6) is 0 Å². The first kappa shape index (κ1) is 7.94. The fourth-order valence-electron chi connectivity index (χ4n) is 0.826. The van der Waals surface area contributed by atoms with Crippen molar-refractivity contribution in [3.05, 3.63) is 17.6 Å². The molecule has 0 aliphatic carbocycles. The summed E-state index contributed by atoms with van der Waals surface area (Å²) in [4.78, 5) is 7.90. The summed E-state index contributed by atoms with van der Waals surface area (Å²) in [5.41, 5.74) is 6.35. The van der Waals surface area contributed by atoms with Gasteiger partial charge in [-0.1, -0.05) is 0 Å². The Labute approximate surface area is 65.1 Å². The first-order valence-electron chi connectivity index (χ1n) is 3.43. The van der Waals surface area contributed by atoms with Gasteiger partial charge in [0.15, 0.2) is 0 Å². The van der Waals surface area contributed by atoms with E-state index in [1.165, 1.54) is 0 Å². The quantitative estimate of drug-likeness (QED) is 0.622. The predicted molar refractivity (Wildman–Crippen MR) is 42.0 cm³/mol. The van der Waals surface area contributed by atoms with Crippen molar-refractivity contribution in [3.8, 4) is 0 Å². The molecule has 60 valence electrons. The molecular formula is C7H11N3O. The minimum atomic E-state index is 0.0800. The Bertz CT molecular complexity index is 249. The number of nitrogen functional groups attached to an aromatic ring is 1. The molecule has 0 unspecified atom stereocenters. The van der Waals surface area contributed by atoms with E-state index in [4.69, 9.17) is 10.8 Å². The zero-order valence-electron chi connectivity index (χ0n) is 6.41. The van der Waals surface area contributed by atoms with Gasteiger partial charge in [0.1, 0.15) is 11.6 Å². The van der Waals surface area contributed by atoms with E-state index in [0.29, 0.717) is 18.1 Å². The highest BCUT2D eigenvalue weighted by molar-refractivity contribution is 5.37. The van der Waals surface area contributed by atoms with Gasteiger partial charge < -0.3 is 10.8 Å². The molecule has 1 heterocycles. The second-order valence-electron chi connectivity index (χ2n) is 2.30. The highest BCUT2D eigenvalue weighted by Gasteiger charge is 1.99. The summed E-state index contributed by atoms with van der Waals surface area (Å²) in [5.74, 6) is 1.12. The van der Waals surface area contributed by atoms with Crippen molar-refractivity contribution in [1.82, 2.24) is 9.97 Å². The average Bonchev–Trinajstić information content (AvgIpc) is 1.95. The molecule has 0 aromatic carbocycles. The Balaban J connectivity index is 2.90. The largest absolute Gasteiger partial charge is 0.396 e. The van der Waals surface area contributed by atoms with E-state index in [-0.39, 0.29) is 6.61 Å². The number of anilines is 1. The van der Waals surface area contributed by atoms with Crippen LogP contribution in [0.4, 0.5) is 5.82 Å². The molecule has 1 aromatic heterocycles. The third-order valence-corrected chi connectivity index (χ3v) is 1.40. The van der Waals surface area contributed by atoms with Gasteiger partial charge in [0.2, 0.25) is 0 Å². The van der Waals surface area contributed by atoms with Crippen molar-refractivity contribution in [2.75, 3.05) is 12.3 Å². The molecule has 0 atom stereocenters. The maximum absolute atomic E-state index is 8.60. The Hall–Kier alpha value is -1.16. The van der Waals surface area contributed by atoms with Crippen LogP contribution in [0.15, 0.2) is 6.20 Å². The summed E-state index contributed by atoms with van der Waals surface area (Å²) in [7, 11) is 0. The van der Waals surface area contributed by atoms with Crippen molar-refractivity contribution >= 4 is 5.82 Å². The second kappa shape index (κ2) is 3.30. The van der Waals surface area contributed by atoms with Gasteiger partial charge in [0.05, 0.1) is 0 Å². The lowest BCUT2D eigenvalue weighted by Crippen LogP contribution is -2.02. The molecule has 0 aliphatic rings. The van der Waals surface area contributed by atoms with Crippen molar-refractivity contribution in [2.45, 2.75) is 13.3 Å². The normalized spacial score (nSPS) is 10.0. The maximum Gasteiger partial charge on any atom is 0.130 e. The second-order valence-corrected chi connectivity index (χ2v) is 2.30. The number of nitrogens with zero attached hydrogens (tertiary/aromatic N) is 2. The molecule has 0 amide bonds. The summed E-state index contributed by atoms with van der Waals surface area (Å²) in [6.45, 7) is 1.86. The van der Waals surface area contributed by atoms with E-state index >= 15 is 0 Å². The lowest BCUT2D eigenvalue weighted by Gasteiger charge is -2.01. The third-order valence-electron chi connectivity index (χ3n) is 1.40. The number of rotatable bonds is 2. The van der Waals surface area contributed by atoms with Gasteiger partial charge in [-0.3, -0.25) is 0 Å². The molecule has 0 radical (unpaired) electrons. The molecule has 4 heteroatoms. The number of aromatic nitrogens is 2. The average molecular weight is 153 g/mol. The minimum absolute atomic E-state index is 0.0800. The summed E-state index contributed by atoms with van der Waals surface area (Å²) in [6.07, 6.45) is 2.17. The number of aliphatic hydroxyl groups excluding tert-OH is 1. The molecule has 0 saturated heterocycles. The Morgan fingerprint density at radius 3 is 2.91 bits per heavy atom. The van der Waals surface area contributed by atoms with Crippen molar-refractivity contribution in [2.24, 2.45) is 0 Å². The van der Waals surface area contributed by atoms with Crippen molar-refractivity contribution < 1.29 is 5.11 Å². The minimum Gasteiger partial charge on any atom is -0.396 e. The summed E-state index contributed by atoms with van der Waals surface area (Å²) in [5, 5.41) is 8.60. The zero-order valence-corrected chi connectivity index (χ0v) is 6.41. The number of aryl methyl sites for hydroxylation is 1. The van der Waals surface area contributed by atoms with Crippen LogP contribution in [0.25, 0.3) is 0 Å². The summed E-state index contributed by atoms with van der Waals surface area (Å²) < 4.78 is 0. The third kappa shape index (κ3) is 1.88. The highest BCUT2D eigenvalue weighted by atomic mass is 16.2. The standard InChI is InChI=1S/C7H11N3O/c1-5-9-4-6(2-3-11)7(8)10-5/h4,11H,2-3H2,1H3,(H2,8,9,10). The number of nitrogens with two attached hydrogens (primary N) is 1. The maximum atomic E-state index is 8.60. The molecule has 0 saturated carbocycles. The van der Waals surface area contributed by atoms with E-state index in [9.17, 15) is 0 Å². The van der Waals surface area contributed by atoms with Gasteiger partial charge in [-0.2, -0.15) is 0 Å². The predicted octanol–water partition coefficient (Wildman–Crippen LogP) is -0.0980. The molecule has 1 rings (SSSR count). The fraction of sp³-hybridized carbons (Fsp3) is 0.429. The van der Waals surface area contributed by atoms with Crippen molar-refractivity contribution in [3.63, 3.8) is 0 Å². The van der Waals surface area contributed by atoms with Crippen LogP contribution < -0.4 is 5.73 Å². The van der Waals surface area contributed by atoms with Crippen LogP contribution in [0.1, 0.15) is 11.4 Å². The van der Waals surface area contributed by atoms with Crippen LogP contribution >= 0.6 is 0 Å². The highest BCUT2D eigenvalue weighted by Crippen LogP contribution is 2.06. The van der Waals surface area contributed by atoms with E-state index in [0.717, 1.165) is 5.56 Å². The first-order valence-corrected chi connectivity index (χ1v) is 3.43. The first-order chi connectivity index (χ1) is 5.24. The molecule has 0 aliphatic heterocycles. The Kier molecular flexibility index (Phi) is 2.38. The van der Waals surface area contributed by atoms with Crippen LogP contribution in [0.2, 0.25) is 0 Å². The topological polar surface area (TPSA) is 72.0 Å². The van der Waals surface area contributed by atoms with Crippen LogP contribution in [0, 0.1) is 6.92 Å². The lowest BCUT2D eigenvalue weighted by molar-refractivity contribution is 0.299. The van der Waals surface area contributed by atoms with E-state index in [1.54, 1.807) is 13.1 Å². The Morgan fingerprint density at radius 2 is 2.36 bits per heavy atom.